The minimum atomic E-state index is -5.66. The van der Waals surface area contributed by atoms with Crippen molar-refractivity contribution in [2.45, 2.75) is 32.3 Å². The first-order chi connectivity index (χ1) is 8.96. The first-order valence-corrected chi connectivity index (χ1v) is 5.15. The second-order valence-corrected chi connectivity index (χ2v) is 3.95. The highest BCUT2D eigenvalue weighted by atomic mass is 19.4. The second kappa shape index (κ2) is 5.19. The molecular formula is C11H8F6N2O. The molecule has 0 fully saturated rings. The molecule has 1 aromatic rings. The lowest BCUT2D eigenvalue weighted by Gasteiger charge is -2.24. The van der Waals surface area contributed by atoms with Crippen molar-refractivity contribution in [2.24, 2.45) is 0 Å². The molecule has 0 spiro atoms. The van der Waals surface area contributed by atoms with Gasteiger partial charge in [0.05, 0.1) is 0 Å². The molecule has 1 aromatic heterocycles. The first-order valence-electron chi connectivity index (χ1n) is 5.15. The van der Waals surface area contributed by atoms with E-state index in [4.69, 9.17) is 5.26 Å². The minimum absolute atomic E-state index is 0.139. The Morgan fingerprint density at radius 2 is 1.65 bits per heavy atom. The molecule has 0 aliphatic rings. The molecule has 110 valence electrons. The zero-order valence-electron chi connectivity index (χ0n) is 10.2. The molecule has 0 aliphatic carbocycles. The van der Waals surface area contributed by atoms with Gasteiger partial charge in [-0.15, -0.1) is 0 Å². The number of ether oxygens (including phenoxy) is 1. The number of hydrogen-bond acceptors (Lipinski definition) is 3. The zero-order valence-corrected chi connectivity index (χ0v) is 10.2. The van der Waals surface area contributed by atoms with Gasteiger partial charge in [-0.1, -0.05) is 0 Å². The van der Waals surface area contributed by atoms with E-state index in [2.05, 4.69) is 9.72 Å². The van der Waals surface area contributed by atoms with Crippen LogP contribution in [0, 0.1) is 25.2 Å². The molecule has 3 nitrogen and oxygen atoms in total. The molecule has 0 saturated carbocycles. The highest BCUT2D eigenvalue weighted by molar-refractivity contribution is 5.45. The molecule has 0 atom stereocenters. The van der Waals surface area contributed by atoms with Crippen LogP contribution in [0.1, 0.15) is 16.8 Å². The van der Waals surface area contributed by atoms with Crippen molar-refractivity contribution in [1.29, 1.82) is 5.26 Å². The fraction of sp³-hybridized carbons (Fsp3) is 0.455. The molecule has 0 unspecified atom stereocenters. The summed E-state index contributed by atoms with van der Waals surface area (Å²) in [6.45, 7) is 2.72. The first kappa shape index (κ1) is 16.1. The lowest BCUT2D eigenvalue weighted by molar-refractivity contribution is -0.300. The molecule has 0 aliphatic heterocycles. The Kier molecular flexibility index (Phi) is 4.17. The predicted octanol–water partition coefficient (Wildman–Crippen LogP) is 3.44. The van der Waals surface area contributed by atoms with Gasteiger partial charge < -0.3 is 4.74 Å². The number of nitrogens with zero attached hydrogens (tertiary/aromatic N) is 2. The standard InChI is InChI=1S/C11H8F6N2O/c1-5-3-6(2)19-8(7(5)4-18)20-9(10(12,13)14)11(15,16)17/h3,9H,1-2H3. The number of aryl methyl sites for hydroxylation is 2. The third-order valence-corrected chi connectivity index (χ3v) is 2.25. The topological polar surface area (TPSA) is 45.9 Å². The monoisotopic (exact) mass is 298 g/mol. The Morgan fingerprint density at radius 1 is 1.15 bits per heavy atom. The summed E-state index contributed by atoms with van der Waals surface area (Å²) in [5.41, 5.74) is -0.146. The summed E-state index contributed by atoms with van der Waals surface area (Å²) in [6, 6.07) is 2.83. The number of aromatic nitrogens is 1. The van der Waals surface area contributed by atoms with E-state index in [1.807, 2.05) is 0 Å². The van der Waals surface area contributed by atoms with Crippen molar-refractivity contribution in [3.8, 4) is 11.9 Å². The van der Waals surface area contributed by atoms with Gasteiger partial charge >= 0.3 is 12.4 Å². The van der Waals surface area contributed by atoms with Crippen LogP contribution in [0.4, 0.5) is 26.3 Å². The maximum Gasteiger partial charge on any atom is 0.434 e. The summed E-state index contributed by atoms with van der Waals surface area (Å²) in [5.74, 6) is -0.982. The van der Waals surface area contributed by atoms with E-state index in [9.17, 15) is 26.3 Å². The van der Waals surface area contributed by atoms with Crippen LogP contribution in [0.15, 0.2) is 6.07 Å². The molecule has 1 rings (SSSR count). The molecule has 0 amide bonds. The Labute approximate surface area is 109 Å². The molecule has 9 heteroatoms. The van der Waals surface area contributed by atoms with Crippen LogP contribution in [0.5, 0.6) is 5.88 Å². The Balaban J connectivity index is 3.30. The quantitative estimate of drug-likeness (QED) is 0.786. The van der Waals surface area contributed by atoms with Gasteiger partial charge in [-0.05, 0) is 25.5 Å². The van der Waals surface area contributed by atoms with Crippen LogP contribution in [-0.2, 0) is 0 Å². The van der Waals surface area contributed by atoms with Gasteiger partial charge in [0.25, 0.3) is 6.10 Å². The van der Waals surface area contributed by atoms with Crippen molar-refractivity contribution in [1.82, 2.24) is 4.98 Å². The number of rotatable bonds is 2. The fourth-order valence-electron chi connectivity index (χ4n) is 1.45. The summed E-state index contributed by atoms with van der Waals surface area (Å²) in [4.78, 5) is 3.43. The Morgan fingerprint density at radius 3 is 2.05 bits per heavy atom. The molecule has 1 heterocycles. The van der Waals surface area contributed by atoms with Crippen LogP contribution in [0.3, 0.4) is 0 Å². The van der Waals surface area contributed by atoms with Crippen LogP contribution in [0.2, 0.25) is 0 Å². The Hall–Kier alpha value is -1.98. The van der Waals surface area contributed by atoms with Crippen LogP contribution < -0.4 is 4.74 Å². The summed E-state index contributed by atoms with van der Waals surface area (Å²) >= 11 is 0. The molecule has 0 radical (unpaired) electrons. The van der Waals surface area contributed by atoms with E-state index in [1.165, 1.54) is 26.0 Å². The van der Waals surface area contributed by atoms with Gasteiger partial charge in [-0.2, -0.15) is 31.6 Å². The smallest absolute Gasteiger partial charge is 0.434 e. The number of pyridine rings is 1. The van der Waals surface area contributed by atoms with E-state index in [0.717, 1.165) is 0 Å². The van der Waals surface area contributed by atoms with Crippen molar-refractivity contribution < 1.29 is 31.1 Å². The van der Waals surface area contributed by atoms with Gasteiger partial charge in [0, 0.05) is 5.69 Å². The molecule has 0 aromatic carbocycles. The normalized spacial score (nSPS) is 12.4. The third-order valence-electron chi connectivity index (χ3n) is 2.25. The number of nitriles is 1. The SMILES string of the molecule is Cc1cc(C)c(C#N)c(OC(C(F)(F)F)C(F)(F)F)n1. The average molecular weight is 298 g/mol. The number of hydrogen-bond donors (Lipinski definition) is 0. The summed E-state index contributed by atoms with van der Waals surface area (Å²) < 4.78 is 78.2. The van der Waals surface area contributed by atoms with Crippen molar-refractivity contribution >= 4 is 0 Å². The van der Waals surface area contributed by atoms with Crippen molar-refractivity contribution in [3.63, 3.8) is 0 Å². The van der Waals surface area contributed by atoms with E-state index in [-0.39, 0.29) is 11.3 Å². The fourth-order valence-corrected chi connectivity index (χ4v) is 1.45. The van der Waals surface area contributed by atoms with Crippen molar-refractivity contribution in [2.75, 3.05) is 0 Å². The molecule has 0 bridgehead atoms. The van der Waals surface area contributed by atoms with Gasteiger partial charge in [0.1, 0.15) is 11.6 Å². The number of alkyl halides is 6. The summed E-state index contributed by atoms with van der Waals surface area (Å²) in [5, 5.41) is 8.78. The lowest BCUT2D eigenvalue weighted by Crippen LogP contribution is -2.46. The lowest BCUT2D eigenvalue weighted by atomic mass is 10.1. The van der Waals surface area contributed by atoms with Gasteiger partial charge in [-0.3, -0.25) is 0 Å². The van der Waals surface area contributed by atoms with E-state index in [1.54, 1.807) is 0 Å². The van der Waals surface area contributed by atoms with Gasteiger partial charge in [0.15, 0.2) is 0 Å². The summed E-state index contributed by atoms with van der Waals surface area (Å²) in [7, 11) is 0. The van der Waals surface area contributed by atoms with Crippen LogP contribution in [-0.4, -0.2) is 23.4 Å². The van der Waals surface area contributed by atoms with Gasteiger partial charge in [-0.25, -0.2) is 4.98 Å². The van der Waals surface area contributed by atoms with Crippen LogP contribution in [0.25, 0.3) is 0 Å². The highest BCUT2D eigenvalue weighted by Crippen LogP contribution is 2.37. The van der Waals surface area contributed by atoms with Crippen molar-refractivity contribution in [3.05, 3.63) is 22.9 Å². The average Bonchev–Trinajstić information content (AvgIpc) is 2.22. The minimum Gasteiger partial charge on any atom is -0.454 e. The third kappa shape index (κ3) is 3.53. The second-order valence-electron chi connectivity index (χ2n) is 3.95. The molecule has 0 saturated heterocycles. The largest absolute Gasteiger partial charge is 0.454 e. The van der Waals surface area contributed by atoms with E-state index < -0.39 is 29.9 Å². The molecular weight excluding hydrogens is 290 g/mol. The highest BCUT2D eigenvalue weighted by Gasteiger charge is 2.59. The predicted molar refractivity (Wildman–Crippen MR) is 55.0 cm³/mol. The summed E-state index contributed by atoms with van der Waals surface area (Å²) in [6.07, 6.45) is -15.4. The molecule has 0 N–H and O–H groups in total. The Bertz CT molecular complexity index is 530. The number of halogens is 6. The maximum absolute atomic E-state index is 12.4. The molecule has 20 heavy (non-hydrogen) atoms. The zero-order chi connectivity index (χ0) is 15.7. The van der Waals surface area contributed by atoms with E-state index >= 15 is 0 Å². The van der Waals surface area contributed by atoms with Crippen LogP contribution >= 0.6 is 0 Å². The van der Waals surface area contributed by atoms with E-state index in [0.29, 0.717) is 0 Å². The van der Waals surface area contributed by atoms with Gasteiger partial charge in [0.2, 0.25) is 5.88 Å². The maximum atomic E-state index is 12.4.